The normalized spacial score (nSPS) is 10.3. The van der Waals surface area contributed by atoms with E-state index >= 15 is 0 Å². The molecule has 6 nitrogen and oxygen atoms in total. The molecular formula is C13H13BrN4O2. The molecule has 0 aliphatic heterocycles. The molecule has 7 heteroatoms. The summed E-state index contributed by atoms with van der Waals surface area (Å²) in [6.07, 6.45) is 1.69. The second-order valence-electron chi connectivity index (χ2n) is 4.32. The third-order valence-electron chi connectivity index (χ3n) is 2.78. The van der Waals surface area contributed by atoms with Gasteiger partial charge in [0.25, 0.3) is 5.69 Å². The van der Waals surface area contributed by atoms with E-state index in [-0.39, 0.29) is 10.6 Å². The Morgan fingerprint density at radius 1 is 1.40 bits per heavy atom. The third-order valence-corrected chi connectivity index (χ3v) is 3.43. The smallest absolute Gasteiger partial charge is 0.274 e. The van der Waals surface area contributed by atoms with Crippen molar-refractivity contribution in [3.63, 3.8) is 0 Å². The van der Waals surface area contributed by atoms with Gasteiger partial charge in [0.2, 0.25) is 0 Å². The summed E-state index contributed by atoms with van der Waals surface area (Å²) in [5.74, 6) is 0.693. The molecule has 0 amide bonds. The maximum absolute atomic E-state index is 10.9. The molecule has 0 aliphatic rings. The highest BCUT2D eigenvalue weighted by Crippen LogP contribution is 2.30. The fourth-order valence-corrected chi connectivity index (χ4v) is 2.38. The summed E-state index contributed by atoms with van der Waals surface area (Å²) in [5, 5.41) is 14.1. The lowest BCUT2D eigenvalue weighted by molar-refractivity contribution is -0.385. The number of nitro benzene ring substituents is 1. The molecular weight excluding hydrogens is 324 g/mol. The fraction of sp³-hybridized carbons (Fsp3) is 0.231. The average Bonchev–Trinajstić information content (AvgIpc) is 2.37. The minimum atomic E-state index is -0.387. The summed E-state index contributed by atoms with van der Waals surface area (Å²) >= 11 is 3.40. The van der Waals surface area contributed by atoms with Crippen LogP contribution in [-0.2, 0) is 6.54 Å². The van der Waals surface area contributed by atoms with Crippen molar-refractivity contribution in [2.24, 2.45) is 0 Å². The van der Waals surface area contributed by atoms with E-state index in [1.54, 1.807) is 25.3 Å². The predicted octanol–water partition coefficient (Wildman–Crippen LogP) is 3.38. The SMILES string of the molecule is Cc1nccc(CNc2cc([N+](=O)[O-])c(C)cc2Br)n1. The topological polar surface area (TPSA) is 81.0 Å². The molecule has 0 radical (unpaired) electrons. The highest BCUT2D eigenvalue weighted by molar-refractivity contribution is 9.10. The zero-order valence-corrected chi connectivity index (χ0v) is 12.6. The van der Waals surface area contributed by atoms with E-state index in [4.69, 9.17) is 0 Å². The summed E-state index contributed by atoms with van der Waals surface area (Å²) in [6, 6.07) is 5.05. The van der Waals surface area contributed by atoms with Crippen LogP contribution >= 0.6 is 15.9 Å². The quantitative estimate of drug-likeness (QED) is 0.683. The van der Waals surface area contributed by atoms with Crippen molar-refractivity contribution in [3.8, 4) is 0 Å². The van der Waals surface area contributed by atoms with E-state index in [1.165, 1.54) is 6.07 Å². The van der Waals surface area contributed by atoms with Gasteiger partial charge in [0, 0.05) is 22.3 Å². The summed E-state index contributed by atoms with van der Waals surface area (Å²) in [6.45, 7) is 4.00. The number of aromatic nitrogens is 2. The van der Waals surface area contributed by atoms with E-state index in [9.17, 15) is 10.1 Å². The molecule has 1 aromatic carbocycles. The van der Waals surface area contributed by atoms with Crippen LogP contribution in [0.25, 0.3) is 0 Å². The first-order valence-corrected chi connectivity index (χ1v) is 6.73. The molecule has 0 saturated heterocycles. The molecule has 104 valence electrons. The molecule has 0 bridgehead atoms. The summed E-state index contributed by atoms with van der Waals surface area (Å²) in [5.41, 5.74) is 2.20. The second kappa shape index (κ2) is 5.96. The van der Waals surface area contributed by atoms with E-state index in [2.05, 4.69) is 31.2 Å². The Kier molecular flexibility index (Phi) is 4.29. The number of aryl methyl sites for hydroxylation is 2. The first kappa shape index (κ1) is 14.4. The Morgan fingerprint density at radius 3 is 2.80 bits per heavy atom. The van der Waals surface area contributed by atoms with Crippen LogP contribution in [0.5, 0.6) is 0 Å². The number of halogens is 1. The molecule has 0 spiro atoms. The van der Waals surface area contributed by atoms with Crippen LogP contribution < -0.4 is 5.32 Å². The fourth-order valence-electron chi connectivity index (χ4n) is 1.78. The Balaban J connectivity index is 2.21. The van der Waals surface area contributed by atoms with Gasteiger partial charge < -0.3 is 5.32 Å². The van der Waals surface area contributed by atoms with Crippen molar-refractivity contribution >= 4 is 27.3 Å². The van der Waals surface area contributed by atoms with Crippen molar-refractivity contribution in [1.82, 2.24) is 9.97 Å². The molecule has 0 unspecified atom stereocenters. The lowest BCUT2D eigenvalue weighted by atomic mass is 10.2. The van der Waals surface area contributed by atoms with Gasteiger partial charge in [0.05, 0.1) is 22.8 Å². The Morgan fingerprint density at radius 2 is 2.15 bits per heavy atom. The number of nitrogens with zero attached hydrogens (tertiary/aromatic N) is 3. The molecule has 1 aromatic heterocycles. The van der Waals surface area contributed by atoms with Gasteiger partial charge in [-0.3, -0.25) is 10.1 Å². The molecule has 2 aromatic rings. The van der Waals surface area contributed by atoms with Crippen LogP contribution in [0.2, 0.25) is 0 Å². The lowest BCUT2D eigenvalue weighted by Gasteiger charge is -2.09. The molecule has 0 fully saturated rings. The van der Waals surface area contributed by atoms with Crippen LogP contribution in [-0.4, -0.2) is 14.9 Å². The molecule has 0 aliphatic carbocycles. The van der Waals surface area contributed by atoms with Gasteiger partial charge in [-0.1, -0.05) is 0 Å². The number of anilines is 1. The minimum Gasteiger partial charge on any atom is -0.378 e. The third kappa shape index (κ3) is 3.30. The Bertz CT molecular complexity index is 661. The van der Waals surface area contributed by atoms with Gasteiger partial charge in [0.1, 0.15) is 5.82 Å². The van der Waals surface area contributed by atoms with Crippen LogP contribution in [0.3, 0.4) is 0 Å². The number of hydrogen-bond donors (Lipinski definition) is 1. The van der Waals surface area contributed by atoms with E-state index in [0.717, 1.165) is 10.2 Å². The Labute approximate surface area is 124 Å². The highest BCUT2D eigenvalue weighted by atomic mass is 79.9. The zero-order valence-electron chi connectivity index (χ0n) is 11.1. The van der Waals surface area contributed by atoms with Crippen molar-refractivity contribution in [1.29, 1.82) is 0 Å². The van der Waals surface area contributed by atoms with E-state index in [0.29, 0.717) is 23.6 Å². The highest BCUT2D eigenvalue weighted by Gasteiger charge is 2.14. The molecule has 0 atom stereocenters. The number of benzene rings is 1. The molecule has 2 rings (SSSR count). The van der Waals surface area contributed by atoms with Crippen molar-refractivity contribution in [2.45, 2.75) is 20.4 Å². The molecule has 20 heavy (non-hydrogen) atoms. The zero-order chi connectivity index (χ0) is 14.7. The largest absolute Gasteiger partial charge is 0.378 e. The Hall–Kier alpha value is -2.02. The summed E-state index contributed by atoms with van der Waals surface area (Å²) < 4.78 is 0.784. The number of nitro groups is 1. The van der Waals surface area contributed by atoms with Crippen molar-refractivity contribution in [3.05, 3.63) is 56.1 Å². The van der Waals surface area contributed by atoms with Crippen molar-refractivity contribution < 1.29 is 4.92 Å². The first-order chi connectivity index (χ1) is 9.47. The van der Waals surface area contributed by atoms with Gasteiger partial charge in [0.15, 0.2) is 0 Å². The van der Waals surface area contributed by atoms with Gasteiger partial charge in [-0.05, 0) is 41.9 Å². The minimum absolute atomic E-state index is 0.0922. The van der Waals surface area contributed by atoms with E-state index < -0.39 is 0 Å². The van der Waals surface area contributed by atoms with Crippen LogP contribution in [0.4, 0.5) is 11.4 Å². The molecule has 1 heterocycles. The van der Waals surface area contributed by atoms with Gasteiger partial charge in [-0.2, -0.15) is 0 Å². The first-order valence-electron chi connectivity index (χ1n) is 5.94. The lowest BCUT2D eigenvalue weighted by Crippen LogP contribution is -2.04. The van der Waals surface area contributed by atoms with E-state index in [1.807, 2.05) is 6.92 Å². The number of hydrogen-bond acceptors (Lipinski definition) is 5. The van der Waals surface area contributed by atoms with Crippen LogP contribution in [0, 0.1) is 24.0 Å². The summed E-state index contributed by atoms with van der Waals surface area (Å²) in [7, 11) is 0. The molecule has 1 N–H and O–H groups in total. The van der Waals surface area contributed by atoms with Crippen molar-refractivity contribution in [2.75, 3.05) is 5.32 Å². The maximum atomic E-state index is 10.9. The van der Waals surface area contributed by atoms with Gasteiger partial charge in [-0.25, -0.2) is 9.97 Å². The second-order valence-corrected chi connectivity index (χ2v) is 5.18. The monoisotopic (exact) mass is 336 g/mol. The van der Waals surface area contributed by atoms with Gasteiger partial charge in [-0.15, -0.1) is 0 Å². The number of rotatable bonds is 4. The average molecular weight is 337 g/mol. The van der Waals surface area contributed by atoms with Gasteiger partial charge >= 0.3 is 0 Å². The summed E-state index contributed by atoms with van der Waals surface area (Å²) in [4.78, 5) is 18.9. The predicted molar refractivity (Wildman–Crippen MR) is 79.6 cm³/mol. The van der Waals surface area contributed by atoms with Crippen LogP contribution in [0.1, 0.15) is 17.1 Å². The number of nitrogens with one attached hydrogen (secondary N) is 1. The maximum Gasteiger partial charge on any atom is 0.274 e. The van der Waals surface area contributed by atoms with Crippen LogP contribution in [0.15, 0.2) is 28.9 Å². The molecule has 0 saturated carbocycles. The standard InChI is InChI=1S/C13H13BrN4O2/c1-8-5-11(14)12(6-13(8)18(19)20)16-7-10-3-4-15-9(2)17-10/h3-6,16H,7H2,1-2H3.